The van der Waals surface area contributed by atoms with Crippen LogP contribution in [0.15, 0.2) is 30.3 Å². The lowest BCUT2D eigenvalue weighted by molar-refractivity contribution is 0.0504. The van der Waals surface area contributed by atoms with Crippen LogP contribution in [-0.4, -0.2) is 30.8 Å². The molecule has 0 spiro atoms. The van der Waals surface area contributed by atoms with Gasteiger partial charge in [0.25, 0.3) is 0 Å². The van der Waals surface area contributed by atoms with Gasteiger partial charge in [-0.15, -0.1) is 0 Å². The molecule has 0 unspecified atom stereocenters. The fourth-order valence-corrected chi connectivity index (χ4v) is 2.34. The lowest BCUT2D eigenvalue weighted by Crippen LogP contribution is -2.42. The Morgan fingerprint density at radius 1 is 1.26 bits per heavy atom. The highest BCUT2D eigenvalue weighted by Crippen LogP contribution is 2.22. The minimum absolute atomic E-state index is 0.0808. The maximum absolute atomic E-state index is 11.8. The van der Waals surface area contributed by atoms with E-state index in [-0.39, 0.29) is 12.1 Å². The molecule has 4 nitrogen and oxygen atoms in total. The second-order valence-electron chi connectivity index (χ2n) is 5.93. The van der Waals surface area contributed by atoms with Crippen LogP contribution in [0.3, 0.4) is 0 Å². The van der Waals surface area contributed by atoms with Crippen molar-refractivity contribution in [2.45, 2.75) is 38.3 Å². The Morgan fingerprint density at radius 3 is 2.58 bits per heavy atom. The lowest BCUT2D eigenvalue weighted by atomic mass is 9.94. The lowest BCUT2D eigenvalue weighted by Gasteiger charge is -2.24. The van der Waals surface area contributed by atoms with Crippen molar-refractivity contribution < 1.29 is 9.53 Å². The van der Waals surface area contributed by atoms with Gasteiger partial charge in [-0.1, -0.05) is 30.3 Å². The number of carbonyl (C=O) groups is 1. The Balaban J connectivity index is 1.98. The van der Waals surface area contributed by atoms with Crippen molar-refractivity contribution in [3.63, 3.8) is 0 Å². The largest absolute Gasteiger partial charge is 0.444 e. The Hall–Kier alpha value is -1.55. The Bertz CT molecular complexity index is 426. The standard InChI is InChI=1S/C15H22N2O2/c1-15(2,3)19-14(18)17-13-10-16-9-12(13)11-7-5-4-6-8-11/h4-8,12-13,16H,9-10H2,1-3H3,(H,17,18)/t12-,13+/m1/s1. The fraction of sp³-hybridized carbons (Fsp3) is 0.533. The van der Waals surface area contributed by atoms with Crippen LogP contribution in [0.2, 0.25) is 0 Å². The van der Waals surface area contributed by atoms with E-state index in [9.17, 15) is 4.79 Å². The van der Waals surface area contributed by atoms with E-state index >= 15 is 0 Å². The quantitative estimate of drug-likeness (QED) is 0.859. The summed E-state index contributed by atoms with van der Waals surface area (Å²) in [6, 6.07) is 10.3. The maximum atomic E-state index is 11.8. The van der Waals surface area contributed by atoms with E-state index in [1.807, 2.05) is 39.0 Å². The van der Waals surface area contributed by atoms with E-state index in [2.05, 4.69) is 22.8 Å². The van der Waals surface area contributed by atoms with E-state index < -0.39 is 5.60 Å². The second kappa shape index (κ2) is 5.61. The van der Waals surface area contributed by atoms with Gasteiger partial charge in [-0.2, -0.15) is 0 Å². The zero-order valence-electron chi connectivity index (χ0n) is 11.8. The van der Waals surface area contributed by atoms with Gasteiger partial charge in [-0.05, 0) is 26.3 Å². The summed E-state index contributed by atoms with van der Waals surface area (Å²) in [6.07, 6.45) is -0.345. The first-order chi connectivity index (χ1) is 8.96. The number of hydrogen-bond acceptors (Lipinski definition) is 3. The second-order valence-corrected chi connectivity index (χ2v) is 5.93. The number of rotatable bonds is 2. The molecule has 1 heterocycles. The topological polar surface area (TPSA) is 50.4 Å². The van der Waals surface area contributed by atoms with Crippen molar-refractivity contribution in [3.8, 4) is 0 Å². The monoisotopic (exact) mass is 262 g/mol. The minimum Gasteiger partial charge on any atom is -0.444 e. The van der Waals surface area contributed by atoms with Gasteiger partial charge in [0.2, 0.25) is 0 Å². The third-order valence-electron chi connectivity index (χ3n) is 3.14. The van der Waals surface area contributed by atoms with Gasteiger partial charge in [0.1, 0.15) is 5.60 Å². The molecule has 0 saturated carbocycles. The maximum Gasteiger partial charge on any atom is 0.407 e. The predicted molar refractivity (Wildman–Crippen MR) is 75.2 cm³/mol. The highest BCUT2D eigenvalue weighted by Gasteiger charge is 2.30. The molecule has 2 rings (SSSR count). The smallest absolute Gasteiger partial charge is 0.407 e. The van der Waals surface area contributed by atoms with Gasteiger partial charge in [-0.25, -0.2) is 4.79 Å². The third kappa shape index (κ3) is 3.96. The molecule has 1 saturated heterocycles. The molecule has 2 N–H and O–H groups in total. The summed E-state index contributed by atoms with van der Waals surface area (Å²) in [5, 5.41) is 6.28. The molecule has 1 aromatic rings. The van der Waals surface area contributed by atoms with Crippen molar-refractivity contribution in [2.24, 2.45) is 0 Å². The summed E-state index contributed by atoms with van der Waals surface area (Å²) < 4.78 is 5.31. The third-order valence-corrected chi connectivity index (χ3v) is 3.14. The molecule has 1 aromatic carbocycles. The summed E-state index contributed by atoms with van der Waals surface area (Å²) in [4.78, 5) is 11.8. The van der Waals surface area contributed by atoms with Crippen LogP contribution in [0.25, 0.3) is 0 Å². The molecule has 104 valence electrons. The van der Waals surface area contributed by atoms with E-state index in [0.717, 1.165) is 13.1 Å². The van der Waals surface area contributed by atoms with Gasteiger partial charge in [0.05, 0.1) is 6.04 Å². The molecule has 4 heteroatoms. The molecule has 1 amide bonds. The van der Waals surface area contributed by atoms with Gasteiger partial charge in [-0.3, -0.25) is 0 Å². The molecule has 0 aliphatic carbocycles. The van der Waals surface area contributed by atoms with Crippen molar-refractivity contribution >= 4 is 6.09 Å². The number of nitrogens with one attached hydrogen (secondary N) is 2. The Kier molecular flexibility index (Phi) is 4.10. The molecule has 19 heavy (non-hydrogen) atoms. The zero-order chi connectivity index (χ0) is 13.9. The highest BCUT2D eigenvalue weighted by atomic mass is 16.6. The van der Waals surface area contributed by atoms with Crippen molar-refractivity contribution in [2.75, 3.05) is 13.1 Å². The molecule has 0 bridgehead atoms. The average Bonchev–Trinajstić information content (AvgIpc) is 2.75. The number of amides is 1. The first-order valence-corrected chi connectivity index (χ1v) is 6.71. The van der Waals surface area contributed by atoms with E-state index in [1.165, 1.54) is 5.56 Å². The van der Waals surface area contributed by atoms with E-state index in [1.54, 1.807) is 0 Å². The van der Waals surface area contributed by atoms with Crippen LogP contribution in [0, 0.1) is 0 Å². The highest BCUT2D eigenvalue weighted by molar-refractivity contribution is 5.68. The van der Waals surface area contributed by atoms with Gasteiger partial charge < -0.3 is 15.4 Å². The molecule has 1 aliphatic rings. The van der Waals surface area contributed by atoms with Crippen molar-refractivity contribution in [1.29, 1.82) is 0 Å². The van der Waals surface area contributed by atoms with Crippen LogP contribution in [0.5, 0.6) is 0 Å². The molecule has 0 aromatic heterocycles. The zero-order valence-corrected chi connectivity index (χ0v) is 11.8. The van der Waals surface area contributed by atoms with Crippen LogP contribution in [-0.2, 0) is 4.74 Å². The summed E-state index contributed by atoms with van der Waals surface area (Å²) in [5.41, 5.74) is 0.784. The average molecular weight is 262 g/mol. The molecule has 1 aliphatic heterocycles. The van der Waals surface area contributed by atoms with Crippen molar-refractivity contribution in [3.05, 3.63) is 35.9 Å². The van der Waals surface area contributed by atoms with Crippen LogP contribution < -0.4 is 10.6 Å². The van der Waals surface area contributed by atoms with Crippen molar-refractivity contribution in [1.82, 2.24) is 10.6 Å². The number of hydrogen-bond donors (Lipinski definition) is 2. The first kappa shape index (κ1) is 13.9. The molecular weight excluding hydrogens is 240 g/mol. The predicted octanol–water partition coefficient (Wildman–Crippen LogP) is 2.27. The number of benzene rings is 1. The van der Waals surface area contributed by atoms with Crippen LogP contribution in [0.1, 0.15) is 32.3 Å². The normalized spacial score (nSPS) is 23.1. The van der Waals surface area contributed by atoms with E-state index in [4.69, 9.17) is 4.74 Å². The van der Waals surface area contributed by atoms with Gasteiger partial charge in [0, 0.05) is 19.0 Å². The minimum atomic E-state index is -0.460. The summed E-state index contributed by atoms with van der Waals surface area (Å²) in [6.45, 7) is 7.26. The van der Waals surface area contributed by atoms with Crippen LogP contribution in [0.4, 0.5) is 4.79 Å². The molecule has 0 radical (unpaired) electrons. The molecule has 1 fully saturated rings. The number of alkyl carbamates (subject to hydrolysis) is 1. The summed E-state index contributed by atoms with van der Waals surface area (Å²) >= 11 is 0. The SMILES string of the molecule is CC(C)(C)OC(=O)N[C@H]1CNC[C@@H]1c1ccccc1. The Labute approximate surface area is 114 Å². The molecular formula is C15H22N2O2. The van der Waals surface area contributed by atoms with E-state index in [0.29, 0.717) is 5.92 Å². The number of ether oxygens (including phenoxy) is 1. The summed E-state index contributed by atoms with van der Waals surface area (Å²) in [5.74, 6) is 0.300. The molecule has 2 atom stereocenters. The summed E-state index contributed by atoms with van der Waals surface area (Å²) in [7, 11) is 0. The number of carbonyl (C=O) groups excluding carboxylic acids is 1. The first-order valence-electron chi connectivity index (χ1n) is 6.71. The fourth-order valence-electron chi connectivity index (χ4n) is 2.34. The Morgan fingerprint density at radius 2 is 1.95 bits per heavy atom. The van der Waals surface area contributed by atoms with Gasteiger partial charge in [0.15, 0.2) is 0 Å². The van der Waals surface area contributed by atoms with Crippen LogP contribution >= 0.6 is 0 Å². The van der Waals surface area contributed by atoms with Gasteiger partial charge >= 0.3 is 6.09 Å².